The third kappa shape index (κ3) is 5.78. The molecule has 1 heterocycles. The van der Waals surface area contributed by atoms with E-state index in [2.05, 4.69) is 33.4 Å². The summed E-state index contributed by atoms with van der Waals surface area (Å²) in [5, 5.41) is 3.95. The van der Waals surface area contributed by atoms with Crippen LogP contribution in [0.25, 0.3) is 0 Å². The van der Waals surface area contributed by atoms with Gasteiger partial charge in [0.25, 0.3) is 0 Å². The SMILES string of the molecule is O=C(Cc1c(Cl)cccc1Cl)NCCSCc1ccc(Br)s1. The van der Waals surface area contributed by atoms with Crippen LogP contribution >= 0.6 is 62.2 Å². The monoisotopic (exact) mass is 437 g/mol. The number of benzene rings is 1. The van der Waals surface area contributed by atoms with Gasteiger partial charge in [0.2, 0.25) is 5.91 Å². The van der Waals surface area contributed by atoms with E-state index >= 15 is 0 Å². The average Bonchev–Trinajstić information content (AvgIpc) is 2.88. The van der Waals surface area contributed by atoms with Crippen molar-refractivity contribution in [3.05, 3.63) is 54.6 Å². The molecular formula is C15H14BrCl2NOS2. The highest BCUT2D eigenvalue weighted by Crippen LogP contribution is 2.26. The van der Waals surface area contributed by atoms with E-state index in [1.54, 1.807) is 41.3 Å². The molecule has 0 aliphatic carbocycles. The maximum atomic E-state index is 11.9. The highest BCUT2D eigenvalue weighted by Gasteiger charge is 2.10. The van der Waals surface area contributed by atoms with Crippen LogP contribution in [-0.2, 0) is 17.0 Å². The summed E-state index contributed by atoms with van der Waals surface area (Å²) in [5.41, 5.74) is 0.680. The maximum Gasteiger partial charge on any atom is 0.224 e. The summed E-state index contributed by atoms with van der Waals surface area (Å²) < 4.78 is 1.15. The number of thioether (sulfide) groups is 1. The standard InChI is InChI=1S/C15H14BrCl2NOS2/c16-14-5-4-10(22-14)9-21-7-6-19-15(20)8-11-12(17)2-1-3-13(11)18/h1-5H,6-9H2,(H,19,20). The van der Waals surface area contributed by atoms with Crippen molar-refractivity contribution in [1.82, 2.24) is 5.32 Å². The van der Waals surface area contributed by atoms with Crippen LogP contribution in [0.5, 0.6) is 0 Å². The minimum Gasteiger partial charge on any atom is -0.355 e. The van der Waals surface area contributed by atoms with E-state index in [9.17, 15) is 4.79 Å². The zero-order valence-electron chi connectivity index (χ0n) is 11.6. The molecule has 0 aliphatic rings. The number of halogens is 3. The molecule has 0 bridgehead atoms. The molecule has 1 aromatic carbocycles. The Labute approximate surface area is 156 Å². The van der Waals surface area contributed by atoms with E-state index in [1.807, 2.05) is 0 Å². The van der Waals surface area contributed by atoms with Gasteiger partial charge in [-0.05, 0) is 45.8 Å². The molecule has 0 radical (unpaired) electrons. The Balaban J connectivity index is 1.68. The fourth-order valence-electron chi connectivity index (χ4n) is 1.79. The van der Waals surface area contributed by atoms with Gasteiger partial charge in [0.05, 0.1) is 10.2 Å². The van der Waals surface area contributed by atoms with E-state index in [1.165, 1.54) is 4.88 Å². The third-order valence-corrected chi connectivity index (χ3v) is 6.36. The predicted octanol–water partition coefficient (Wildman–Crippen LogP) is 5.41. The molecule has 2 aromatic rings. The summed E-state index contributed by atoms with van der Waals surface area (Å²) in [6.07, 6.45) is 0.209. The lowest BCUT2D eigenvalue weighted by Gasteiger charge is -2.08. The van der Waals surface area contributed by atoms with Crippen LogP contribution in [-0.4, -0.2) is 18.2 Å². The summed E-state index contributed by atoms with van der Waals surface area (Å²) in [4.78, 5) is 13.2. The van der Waals surface area contributed by atoms with E-state index in [4.69, 9.17) is 23.2 Å². The second-order valence-corrected chi connectivity index (χ2v) is 8.95. The molecule has 1 aromatic heterocycles. The van der Waals surface area contributed by atoms with Crippen molar-refractivity contribution in [3.63, 3.8) is 0 Å². The van der Waals surface area contributed by atoms with E-state index in [0.29, 0.717) is 22.2 Å². The lowest BCUT2D eigenvalue weighted by atomic mass is 10.1. The van der Waals surface area contributed by atoms with Crippen LogP contribution in [0.4, 0.5) is 0 Å². The number of thiophene rings is 1. The van der Waals surface area contributed by atoms with Crippen molar-refractivity contribution in [3.8, 4) is 0 Å². The molecule has 2 nitrogen and oxygen atoms in total. The number of amides is 1. The fraction of sp³-hybridized carbons (Fsp3) is 0.267. The Hall–Kier alpha value is -0.200. The van der Waals surface area contributed by atoms with Crippen LogP contribution < -0.4 is 5.32 Å². The Bertz CT molecular complexity index is 628. The Morgan fingerprint density at radius 3 is 2.59 bits per heavy atom. The van der Waals surface area contributed by atoms with Gasteiger partial charge in [-0.3, -0.25) is 4.79 Å². The van der Waals surface area contributed by atoms with Gasteiger partial charge < -0.3 is 5.32 Å². The summed E-state index contributed by atoms with van der Waals surface area (Å²) in [6.45, 7) is 0.637. The molecule has 1 amide bonds. The van der Waals surface area contributed by atoms with Crippen molar-refractivity contribution < 1.29 is 4.79 Å². The van der Waals surface area contributed by atoms with E-state index < -0.39 is 0 Å². The molecule has 22 heavy (non-hydrogen) atoms. The van der Waals surface area contributed by atoms with Crippen LogP contribution in [0.3, 0.4) is 0 Å². The topological polar surface area (TPSA) is 29.1 Å². The minimum atomic E-state index is -0.0607. The molecule has 0 saturated heterocycles. The fourth-order valence-corrected chi connectivity index (χ4v) is 4.77. The molecule has 0 aliphatic heterocycles. The summed E-state index contributed by atoms with van der Waals surface area (Å²) in [6, 6.07) is 9.41. The second-order valence-electron chi connectivity index (χ2n) is 4.49. The van der Waals surface area contributed by atoms with Gasteiger partial charge in [0, 0.05) is 33.0 Å². The van der Waals surface area contributed by atoms with Crippen LogP contribution in [0.2, 0.25) is 10.0 Å². The van der Waals surface area contributed by atoms with Crippen molar-refractivity contribution in [1.29, 1.82) is 0 Å². The third-order valence-electron chi connectivity index (χ3n) is 2.84. The first-order valence-electron chi connectivity index (χ1n) is 6.58. The molecule has 0 spiro atoms. The van der Waals surface area contributed by atoms with Gasteiger partial charge >= 0.3 is 0 Å². The molecular weight excluding hydrogens is 425 g/mol. The Kier molecular flexibility index (Phi) is 7.57. The molecule has 0 unspecified atom stereocenters. The van der Waals surface area contributed by atoms with Gasteiger partial charge in [-0.2, -0.15) is 11.8 Å². The largest absolute Gasteiger partial charge is 0.355 e. The molecule has 0 saturated carbocycles. The minimum absolute atomic E-state index is 0.0607. The van der Waals surface area contributed by atoms with Gasteiger partial charge in [-0.1, -0.05) is 29.3 Å². The van der Waals surface area contributed by atoms with Crippen molar-refractivity contribution >= 4 is 68.1 Å². The summed E-state index contributed by atoms with van der Waals surface area (Å²) >= 11 is 19.1. The molecule has 0 atom stereocenters. The van der Waals surface area contributed by atoms with Crippen LogP contribution in [0, 0.1) is 0 Å². The lowest BCUT2D eigenvalue weighted by Crippen LogP contribution is -2.27. The van der Waals surface area contributed by atoms with Crippen molar-refractivity contribution in [2.45, 2.75) is 12.2 Å². The quantitative estimate of drug-likeness (QED) is 0.585. The summed E-state index contributed by atoms with van der Waals surface area (Å²) in [7, 11) is 0. The van der Waals surface area contributed by atoms with Gasteiger partial charge in [0.15, 0.2) is 0 Å². The first-order valence-corrected chi connectivity index (χ1v) is 10.1. The molecule has 2 rings (SSSR count). The number of rotatable bonds is 7. The van der Waals surface area contributed by atoms with Crippen molar-refractivity contribution in [2.24, 2.45) is 0 Å². The average molecular weight is 439 g/mol. The van der Waals surface area contributed by atoms with Crippen LogP contribution in [0.1, 0.15) is 10.4 Å². The number of hydrogen-bond acceptors (Lipinski definition) is 3. The smallest absolute Gasteiger partial charge is 0.224 e. The van der Waals surface area contributed by atoms with Gasteiger partial charge in [-0.25, -0.2) is 0 Å². The maximum absolute atomic E-state index is 11.9. The summed E-state index contributed by atoms with van der Waals surface area (Å²) in [5.74, 6) is 1.77. The highest BCUT2D eigenvalue weighted by molar-refractivity contribution is 9.11. The predicted molar refractivity (Wildman–Crippen MR) is 101 cm³/mol. The lowest BCUT2D eigenvalue weighted by molar-refractivity contribution is -0.120. The second kappa shape index (κ2) is 9.18. The number of nitrogens with one attached hydrogen (secondary N) is 1. The first-order chi connectivity index (χ1) is 10.6. The number of carbonyl (C=O) groups excluding carboxylic acids is 1. The molecule has 7 heteroatoms. The van der Waals surface area contributed by atoms with E-state index in [0.717, 1.165) is 15.3 Å². The molecule has 0 fully saturated rings. The van der Waals surface area contributed by atoms with Crippen molar-refractivity contribution in [2.75, 3.05) is 12.3 Å². The number of carbonyl (C=O) groups is 1. The molecule has 118 valence electrons. The highest BCUT2D eigenvalue weighted by atomic mass is 79.9. The van der Waals surface area contributed by atoms with Gasteiger partial charge in [0.1, 0.15) is 0 Å². The molecule has 1 N–H and O–H groups in total. The Morgan fingerprint density at radius 2 is 1.95 bits per heavy atom. The first kappa shape index (κ1) is 18.1. The van der Waals surface area contributed by atoms with Gasteiger partial charge in [-0.15, -0.1) is 11.3 Å². The Morgan fingerprint density at radius 1 is 1.23 bits per heavy atom. The zero-order valence-corrected chi connectivity index (χ0v) is 16.3. The zero-order chi connectivity index (χ0) is 15.9. The normalized spacial score (nSPS) is 10.7. The van der Waals surface area contributed by atoms with E-state index in [-0.39, 0.29) is 12.3 Å². The van der Waals surface area contributed by atoms with Crippen LogP contribution in [0.15, 0.2) is 34.1 Å². The number of hydrogen-bond donors (Lipinski definition) is 1.